The highest BCUT2D eigenvalue weighted by Crippen LogP contribution is 2.32. The molecular formula is C18H35N2P. The summed E-state index contributed by atoms with van der Waals surface area (Å²) in [5.74, 6) is 0. The monoisotopic (exact) mass is 310 g/mol. The largest absolute Gasteiger partial charge is 0.387 e. The van der Waals surface area contributed by atoms with Gasteiger partial charge in [-0.3, -0.25) is 4.67 Å². The third kappa shape index (κ3) is 6.36. The third-order valence-corrected chi connectivity index (χ3v) is 4.42. The Morgan fingerprint density at radius 2 is 1.95 bits per heavy atom. The molecule has 2 aliphatic heterocycles. The SMILES string of the molecule is CC.CC.CCC1=C(C)CCN(P)C1CC1=CCNC=C1. The summed E-state index contributed by atoms with van der Waals surface area (Å²) in [5, 5.41) is 3.21. The van der Waals surface area contributed by atoms with Crippen molar-refractivity contribution in [2.45, 2.75) is 66.8 Å². The highest BCUT2D eigenvalue weighted by atomic mass is 31.0. The van der Waals surface area contributed by atoms with Crippen LogP contribution in [-0.2, 0) is 0 Å². The van der Waals surface area contributed by atoms with Crippen molar-refractivity contribution in [3.63, 3.8) is 0 Å². The maximum atomic E-state index is 3.21. The number of nitrogens with zero attached hydrogens (tertiary/aromatic N) is 1. The van der Waals surface area contributed by atoms with E-state index in [4.69, 9.17) is 0 Å². The minimum absolute atomic E-state index is 0.577. The summed E-state index contributed by atoms with van der Waals surface area (Å²) >= 11 is 0. The number of rotatable bonds is 3. The maximum Gasteiger partial charge on any atom is 0.0382 e. The van der Waals surface area contributed by atoms with Crippen molar-refractivity contribution in [1.82, 2.24) is 9.99 Å². The topological polar surface area (TPSA) is 15.3 Å². The van der Waals surface area contributed by atoms with Gasteiger partial charge in [-0.1, -0.05) is 61.2 Å². The molecular weight excluding hydrogens is 275 g/mol. The first-order valence-corrected chi connectivity index (χ1v) is 9.02. The van der Waals surface area contributed by atoms with Crippen LogP contribution in [-0.4, -0.2) is 23.8 Å². The van der Waals surface area contributed by atoms with Gasteiger partial charge in [0, 0.05) is 19.1 Å². The molecule has 0 aromatic carbocycles. The average molecular weight is 310 g/mol. The number of hydrogen-bond donors (Lipinski definition) is 1. The lowest BCUT2D eigenvalue weighted by molar-refractivity contribution is 0.359. The third-order valence-electron chi connectivity index (χ3n) is 3.80. The summed E-state index contributed by atoms with van der Waals surface area (Å²) in [4.78, 5) is 0. The van der Waals surface area contributed by atoms with Crippen LogP contribution in [0.1, 0.15) is 60.8 Å². The fourth-order valence-corrected chi connectivity index (χ4v) is 3.16. The van der Waals surface area contributed by atoms with Crippen molar-refractivity contribution in [2.24, 2.45) is 0 Å². The van der Waals surface area contributed by atoms with E-state index in [0.29, 0.717) is 6.04 Å². The molecule has 2 heterocycles. The van der Waals surface area contributed by atoms with Crippen LogP contribution in [0.25, 0.3) is 0 Å². The zero-order valence-corrected chi connectivity index (χ0v) is 16.0. The van der Waals surface area contributed by atoms with Crippen molar-refractivity contribution >= 4 is 9.39 Å². The van der Waals surface area contributed by atoms with Crippen LogP contribution in [0.4, 0.5) is 0 Å². The van der Waals surface area contributed by atoms with E-state index in [1.165, 1.54) is 25.0 Å². The molecule has 0 amide bonds. The molecule has 122 valence electrons. The van der Waals surface area contributed by atoms with Gasteiger partial charge in [-0.25, -0.2) is 0 Å². The van der Waals surface area contributed by atoms with Crippen LogP contribution < -0.4 is 5.32 Å². The lowest BCUT2D eigenvalue weighted by Crippen LogP contribution is -2.34. The first-order valence-electron chi connectivity index (χ1n) is 8.51. The van der Waals surface area contributed by atoms with Gasteiger partial charge in [-0.2, -0.15) is 0 Å². The average Bonchev–Trinajstić information content (AvgIpc) is 2.56. The minimum atomic E-state index is 0.577. The lowest BCUT2D eigenvalue weighted by atomic mass is 9.89. The van der Waals surface area contributed by atoms with Crippen LogP contribution in [0.15, 0.2) is 35.1 Å². The Labute approximate surface area is 135 Å². The number of nitrogens with one attached hydrogen (secondary N) is 1. The van der Waals surface area contributed by atoms with Crippen molar-refractivity contribution in [1.29, 1.82) is 0 Å². The van der Waals surface area contributed by atoms with Crippen molar-refractivity contribution in [3.05, 3.63) is 35.1 Å². The number of hydrogen-bond acceptors (Lipinski definition) is 2. The Hall–Kier alpha value is -0.590. The van der Waals surface area contributed by atoms with Crippen molar-refractivity contribution < 1.29 is 0 Å². The van der Waals surface area contributed by atoms with E-state index < -0.39 is 0 Å². The molecule has 0 spiro atoms. The summed E-state index contributed by atoms with van der Waals surface area (Å²) in [6, 6.07) is 0.577. The molecule has 0 fully saturated rings. The highest BCUT2D eigenvalue weighted by molar-refractivity contribution is 7.13. The molecule has 0 aromatic rings. The second-order valence-corrected chi connectivity index (χ2v) is 5.55. The van der Waals surface area contributed by atoms with E-state index in [0.717, 1.165) is 13.0 Å². The summed E-state index contributed by atoms with van der Waals surface area (Å²) in [7, 11) is 2.91. The molecule has 2 nitrogen and oxygen atoms in total. The van der Waals surface area contributed by atoms with Crippen molar-refractivity contribution in [2.75, 3.05) is 13.1 Å². The second-order valence-electron chi connectivity index (χ2n) is 4.89. The Morgan fingerprint density at radius 3 is 2.48 bits per heavy atom. The smallest absolute Gasteiger partial charge is 0.0382 e. The summed E-state index contributed by atoms with van der Waals surface area (Å²) in [6.07, 6.45) is 10.1. The molecule has 2 unspecified atom stereocenters. The van der Waals surface area contributed by atoms with Crippen LogP contribution in [0.3, 0.4) is 0 Å². The quantitative estimate of drug-likeness (QED) is 0.579. The number of allylic oxidation sites excluding steroid dienone is 1. The van der Waals surface area contributed by atoms with E-state index in [9.17, 15) is 0 Å². The first-order chi connectivity index (χ1) is 10.2. The standard InChI is InChI=1S/C14H23N2P.2C2H6/c1-3-13-11(2)6-9-16(17)14(13)10-12-4-7-15-8-5-12;2*1-2/h4-5,7,14-15H,3,6,8-10,17H2,1-2H3;2*1-2H3. The lowest BCUT2D eigenvalue weighted by Gasteiger charge is -2.36. The fourth-order valence-electron chi connectivity index (χ4n) is 2.74. The van der Waals surface area contributed by atoms with Crippen LogP contribution in [0, 0.1) is 0 Å². The zero-order chi connectivity index (χ0) is 16.3. The van der Waals surface area contributed by atoms with Gasteiger partial charge in [-0.15, -0.1) is 0 Å². The predicted molar refractivity (Wildman–Crippen MR) is 100 cm³/mol. The molecule has 2 aliphatic rings. The molecule has 2 rings (SSSR count). The molecule has 2 atom stereocenters. The predicted octanol–water partition coefficient (Wildman–Crippen LogP) is 5.06. The Kier molecular flexibility index (Phi) is 11.7. The van der Waals surface area contributed by atoms with Crippen LogP contribution in [0.5, 0.6) is 0 Å². The molecule has 0 radical (unpaired) electrons. The molecule has 21 heavy (non-hydrogen) atoms. The summed E-state index contributed by atoms with van der Waals surface area (Å²) in [5.41, 5.74) is 4.70. The highest BCUT2D eigenvalue weighted by Gasteiger charge is 2.25. The van der Waals surface area contributed by atoms with Crippen molar-refractivity contribution in [3.8, 4) is 0 Å². The molecule has 0 aromatic heterocycles. The van der Waals surface area contributed by atoms with Gasteiger partial charge >= 0.3 is 0 Å². The van der Waals surface area contributed by atoms with E-state index in [1.54, 1.807) is 11.1 Å². The molecule has 0 saturated heterocycles. The van der Waals surface area contributed by atoms with E-state index in [2.05, 4.69) is 51.6 Å². The zero-order valence-electron chi connectivity index (χ0n) is 14.9. The van der Waals surface area contributed by atoms with Crippen LogP contribution >= 0.6 is 9.39 Å². The Morgan fingerprint density at radius 1 is 1.29 bits per heavy atom. The molecule has 0 saturated carbocycles. The number of dihydropyridines is 1. The van der Waals surface area contributed by atoms with Crippen LogP contribution in [0.2, 0.25) is 0 Å². The maximum absolute atomic E-state index is 3.21. The Balaban J connectivity index is 0.000000921. The molecule has 0 bridgehead atoms. The summed E-state index contributed by atoms with van der Waals surface area (Å²) < 4.78 is 2.43. The van der Waals surface area contributed by atoms with E-state index >= 15 is 0 Å². The Bertz CT molecular complexity index is 369. The van der Waals surface area contributed by atoms with Gasteiger partial charge in [-0.05, 0) is 44.0 Å². The minimum Gasteiger partial charge on any atom is -0.387 e. The second kappa shape index (κ2) is 12.0. The summed E-state index contributed by atoms with van der Waals surface area (Å²) in [6.45, 7) is 14.7. The van der Waals surface area contributed by atoms with Gasteiger partial charge in [0.1, 0.15) is 0 Å². The van der Waals surface area contributed by atoms with Gasteiger partial charge in [0.25, 0.3) is 0 Å². The molecule has 1 N–H and O–H groups in total. The molecule has 3 heteroatoms. The van der Waals surface area contributed by atoms with E-state index in [-0.39, 0.29) is 0 Å². The van der Waals surface area contributed by atoms with E-state index in [1.807, 2.05) is 27.7 Å². The van der Waals surface area contributed by atoms with Gasteiger partial charge in [0.2, 0.25) is 0 Å². The fraction of sp³-hybridized carbons (Fsp3) is 0.667. The van der Waals surface area contributed by atoms with Gasteiger partial charge < -0.3 is 5.32 Å². The van der Waals surface area contributed by atoms with Gasteiger partial charge in [0.15, 0.2) is 0 Å². The first kappa shape index (κ1) is 20.4. The van der Waals surface area contributed by atoms with Gasteiger partial charge in [0.05, 0.1) is 0 Å². The normalized spacial score (nSPS) is 21.5. The molecule has 0 aliphatic carbocycles.